The number of hydrogen-bond donors (Lipinski definition) is 1. The van der Waals surface area contributed by atoms with E-state index in [-0.39, 0.29) is 18.3 Å². The van der Waals surface area contributed by atoms with Crippen LogP contribution < -0.4 is 0 Å². The quantitative estimate of drug-likeness (QED) is 0.914. The van der Waals surface area contributed by atoms with Gasteiger partial charge in [0, 0.05) is 6.42 Å². The van der Waals surface area contributed by atoms with Crippen LogP contribution in [0.25, 0.3) is 0 Å². The van der Waals surface area contributed by atoms with Crippen LogP contribution in [0.4, 0.5) is 0 Å². The van der Waals surface area contributed by atoms with Crippen molar-refractivity contribution in [3.63, 3.8) is 0 Å². The second-order valence-corrected chi connectivity index (χ2v) is 5.56. The summed E-state index contributed by atoms with van der Waals surface area (Å²) in [6.07, 6.45) is 4.61. The Morgan fingerprint density at radius 2 is 1.95 bits per heavy atom. The molecule has 0 radical (unpaired) electrons. The van der Waals surface area contributed by atoms with Gasteiger partial charge in [-0.25, -0.2) is 0 Å². The third kappa shape index (κ3) is 2.68. The number of benzene rings is 1. The van der Waals surface area contributed by atoms with E-state index in [1.54, 1.807) is 0 Å². The monoisotopic (exact) mass is 286 g/mol. The van der Waals surface area contributed by atoms with Gasteiger partial charge >= 0.3 is 5.97 Å². The molecule has 1 saturated carbocycles. The second-order valence-electron chi connectivity index (χ2n) is 5.56. The van der Waals surface area contributed by atoms with Crippen LogP contribution in [0.15, 0.2) is 34.9 Å². The highest BCUT2D eigenvalue weighted by Crippen LogP contribution is 2.45. The summed E-state index contributed by atoms with van der Waals surface area (Å²) in [5, 5.41) is 12.9. The molecule has 5 nitrogen and oxygen atoms in total. The van der Waals surface area contributed by atoms with Crippen molar-refractivity contribution in [3.05, 3.63) is 47.6 Å². The van der Waals surface area contributed by atoms with Crippen molar-refractivity contribution in [1.29, 1.82) is 0 Å². The Morgan fingerprint density at radius 3 is 2.62 bits per heavy atom. The fourth-order valence-electron chi connectivity index (χ4n) is 3.14. The zero-order valence-corrected chi connectivity index (χ0v) is 11.8. The van der Waals surface area contributed by atoms with Crippen LogP contribution in [0.2, 0.25) is 0 Å². The molecule has 0 amide bonds. The molecule has 1 aliphatic carbocycles. The molecule has 0 spiro atoms. The van der Waals surface area contributed by atoms with E-state index in [9.17, 15) is 4.79 Å². The summed E-state index contributed by atoms with van der Waals surface area (Å²) in [6.45, 7) is 0. The largest absolute Gasteiger partial charge is 0.481 e. The van der Waals surface area contributed by atoms with Crippen molar-refractivity contribution < 1.29 is 14.4 Å². The molecule has 0 unspecified atom stereocenters. The first-order valence-electron chi connectivity index (χ1n) is 7.31. The Labute approximate surface area is 123 Å². The lowest BCUT2D eigenvalue weighted by molar-refractivity contribution is -0.137. The van der Waals surface area contributed by atoms with Crippen LogP contribution in [0.5, 0.6) is 0 Å². The van der Waals surface area contributed by atoms with E-state index >= 15 is 0 Å². The van der Waals surface area contributed by atoms with Crippen LogP contribution in [0, 0.1) is 0 Å². The fourth-order valence-corrected chi connectivity index (χ4v) is 3.14. The smallest absolute Gasteiger partial charge is 0.303 e. The maximum Gasteiger partial charge on any atom is 0.303 e. The van der Waals surface area contributed by atoms with E-state index in [0.717, 1.165) is 25.7 Å². The van der Waals surface area contributed by atoms with Gasteiger partial charge in [-0.15, -0.1) is 0 Å². The molecule has 110 valence electrons. The van der Waals surface area contributed by atoms with Crippen molar-refractivity contribution >= 4 is 5.97 Å². The minimum Gasteiger partial charge on any atom is -0.481 e. The van der Waals surface area contributed by atoms with Crippen LogP contribution in [0.1, 0.15) is 49.4 Å². The minimum absolute atomic E-state index is 0.0139. The van der Waals surface area contributed by atoms with Gasteiger partial charge in [0.2, 0.25) is 5.89 Å². The summed E-state index contributed by atoms with van der Waals surface area (Å²) in [4.78, 5) is 15.1. The van der Waals surface area contributed by atoms with Crippen LogP contribution in [0.3, 0.4) is 0 Å². The standard InChI is InChI=1S/C16H18N2O3/c19-14(20)9-8-13-17-15(18-21-13)16(10-4-5-11-16)12-6-2-1-3-7-12/h1-3,6-7H,4-5,8-11H2,(H,19,20). The number of carboxylic acids is 1. The molecule has 1 aromatic carbocycles. The number of aliphatic carboxylic acids is 1. The topological polar surface area (TPSA) is 76.2 Å². The van der Waals surface area contributed by atoms with Crippen molar-refractivity contribution in [2.45, 2.75) is 43.9 Å². The number of rotatable bonds is 5. The summed E-state index contributed by atoms with van der Waals surface area (Å²) in [5.41, 5.74) is 1.04. The molecule has 1 heterocycles. The number of aromatic nitrogens is 2. The molecule has 2 aromatic rings. The van der Waals surface area contributed by atoms with Gasteiger partial charge < -0.3 is 9.63 Å². The molecule has 3 rings (SSSR count). The number of carbonyl (C=O) groups is 1. The van der Waals surface area contributed by atoms with Crippen molar-refractivity contribution in [1.82, 2.24) is 10.1 Å². The zero-order valence-electron chi connectivity index (χ0n) is 11.8. The van der Waals surface area contributed by atoms with Gasteiger partial charge in [-0.05, 0) is 18.4 Å². The van der Waals surface area contributed by atoms with E-state index in [2.05, 4.69) is 22.3 Å². The average molecular weight is 286 g/mol. The van der Waals surface area contributed by atoms with Crippen molar-refractivity contribution in [2.75, 3.05) is 0 Å². The molecule has 0 aliphatic heterocycles. The molecule has 0 bridgehead atoms. The summed E-state index contributed by atoms with van der Waals surface area (Å²) in [6, 6.07) is 10.3. The Hall–Kier alpha value is -2.17. The van der Waals surface area contributed by atoms with E-state index in [1.807, 2.05) is 18.2 Å². The first-order valence-corrected chi connectivity index (χ1v) is 7.31. The molecule has 0 saturated heterocycles. The minimum atomic E-state index is -0.853. The first-order chi connectivity index (χ1) is 10.2. The van der Waals surface area contributed by atoms with E-state index in [4.69, 9.17) is 9.63 Å². The number of nitrogens with zero attached hydrogens (tertiary/aromatic N) is 2. The lowest BCUT2D eigenvalue weighted by Gasteiger charge is -2.25. The van der Waals surface area contributed by atoms with Gasteiger partial charge in [0.15, 0.2) is 5.82 Å². The highest BCUT2D eigenvalue weighted by molar-refractivity contribution is 5.66. The molecule has 1 aromatic heterocycles. The van der Waals surface area contributed by atoms with E-state index in [0.29, 0.717) is 11.7 Å². The average Bonchev–Trinajstić information content (AvgIpc) is 3.16. The maximum atomic E-state index is 10.6. The van der Waals surface area contributed by atoms with Gasteiger partial charge in [0.1, 0.15) is 0 Å². The highest BCUT2D eigenvalue weighted by atomic mass is 16.5. The van der Waals surface area contributed by atoms with Crippen LogP contribution >= 0.6 is 0 Å². The zero-order chi connectivity index (χ0) is 14.7. The summed E-state index contributed by atoms with van der Waals surface area (Å²) < 4.78 is 5.25. The Bertz CT molecular complexity index is 615. The molecule has 21 heavy (non-hydrogen) atoms. The van der Waals surface area contributed by atoms with Crippen molar-refractivity contribution in [2.24, 2.45) is 0 Å². The van der Waals surface area contributed by atoms with Gasteiger partial charge in [-0.2, -0.15) is 4.98 Å². The third-order valence-electron chi connectivity index (χ3n) is 4.23. The SMILES string of the molecule is O=C(O)CCc1nc(C2(c3ccccc3)CCCC2)no1. The van der Waals surface area contributed by atoms with Gasteiger partial charge in [0.05, 0.1) is 11.8 Å². The molecular formula is C16H18N2O3. The molecule has 1 aliphatic rings. The van der Waals surface area contributed by atoms with Crippen LogP contribution in [-0.4, -0.2) is 21.2 Å². The lowest BCUT2D eigenvalue weighted by atomic mass is 9.78. The normalized spacial score (nSPS) is 17.0. The molecule has 5 heteroatoms. The molecule has 0 atom stereocenters. The van der Waals surface area contributed by atoms with E-state index in [1.165, 1.54) is 5.56 Å². The predicted octanol–water partition coefficient (Wildman–Crippen LogP) is 2.95. The van der Waals surface area contributed by atoms with Gasteiger partial charge in [0.25, 0.3) is 0 Å². The van der Waals surface area contributed by atoms with Gasteiger partial charge in [-0.3, -0.25) is 4.79 Å². The Morgan fingerprint density at radius 1 is 1.24 bits per heavy atom. The van der Waals surface area contributed by atoms with Gasteiger partial charge in [-0.1, -0.05) is 48.3 Å². The third-order valence-corrected chi connectivity index (χ3v) is 4.23. The Balaban J connectivity index is 1.90. The number of carboxylic acid groups (broad SMARTS) is 1. The highest BCUT2D eigenvalue weighted by Gasteiger charge is 2.41. The van der Waals surface area contributed by atoms with Crippen LogP contribution in [-0.2, 0) is 16.6 Å². The second kappa shape index (κ2) is 5.68. The number of aryl methyl sites for hydroxylation is 1. The van der Waals surface area contributed by atoms with E-state index < -0.39 is 5.97 Å². The Kier molecular flexibility index (Phi) is 3.73. The predicted molar refractivity (Wildman–Crippen MR) is 75.9 cm³/mol. The summed E-state index contributed by atoms with van der Waals surface area (Å²) >= 11 is 0. The first kappa shape index (κ1) is 13.8. The fraction of sp³-hybridized carbons (Fsp3) is 0.438. The molecular weight excluding hydrogens is 268 g/mol. The summed E-state index contributed by atoms with van der Waals surface area (Å²) in [7, 11) is 0. The maximum absolute atomic E-state index is 10.6. The van der Waals surface area contributed by atoms with Crippen molar-refractivity contribution in [3.8, 4) is 0 Å². The summed E-state index contributed by atoms with van der Waals surface area (Å²) in [5.74, 6) is 0.259. The lowest BCUT2D eigenvalue weighted by Crippen LogP contribution is -2.25. The molecule has 1 fully saturated rings. The number of hydrogen-bond acceptors (Lipinski definition) is 4. The molecule has 1 N–H and O–H groups in total.